The highest BCUT2D eigenvalue weighted by Crippen LogP contribution is 2.11. The first kappa shape index (κ1) is 17.5. The van der Waals surface area contributed by atoms with Crippen LogP contribution in [0.3, 0.4) is 0 Å². The number of carbonyl (C=O) groups excluding carboxylic acids is 2. The maximum atomic E-state index is 12.0. The summed E-state index contributed by atoms with van der Waals surface area (Å²) in [5, 5.41) is 2.63. The van der Waals surface area contributed by atoms with Crippen molar-refractivity contribution in [2.75, 3.05) is 26.7 Å². The van der Waals surface area contributed by atoms with Crippen LogP contribution in [0, 0.1) is 0 Å². The van der Waals surface area contributed by atoms with Crippen LogP contribution in [0.4, 0.5) is 0 Å². The van der Waals surface area contributed by atoms with Gasteiger partial charge in [-0.25, -0.2) is 0 Å². The van der Waals surface area contributed by atoms with E-state index in [9.17, 15) is 9.59 Å². The van der Waals surface area contributed by atoms with Crippen LogP contribution in [0.2, 0.25) is 0 Å². The zero-order valence-electron chi connectivity index (χ0n) is 12.9. The first-order valence-corrected chi connectivity index (χ1v) is 7.04. The number of rotatable bonds is 8. The lowest BCUT2D eigenvalue weighted by Gasteiger charge is -2.18. The Hall–Kier alpha value is -2.56. The molecule has 0 unspecified atom stereocenters. The Kier molecular flexibility index (Phi) is 7.47. The van der Waals surface area contributed by atoms with Crippen molar-refractivity contribution in [1.29, 1.82) is 0 Å². The smallest absolute Gasteiger partial charge is 0.312 e. The number of hydrogen-bond acceptors (Lipinski definition) is 3. The normalized spacial score (nSPS) is 9.68. The van der Waals surface area contributed by atoms with E-state index in [0.717, 1.165) is 11.3 Å². The Balaban J connectivity index is 2.45. The molecule has 5 heteroatoms. The minimum Gasteiger partial charge on any atom is -0.497 e. The quantitative estimate of drug-likeness (QED) is 0.585. The van der Waals surface area contributed by atoms with E-state index < -0.39 is 11.8 Å². The number of ether oxygens (including phenoxy) is 1. The van der Waals surface area contributed by atoms with Crippen molar-refractivity contribution in [1.82, 2.24) is 10.2 Å². The summed E-state index contributed by atoms with van der Waals surface area (Å²) in [6.45, 7) is 8.17. The van der Waals surface area contributed by atoms with Crippen molar-refractivity contribution in [2.24, 2.45) is 0 Å². The molecule has 0 radical (unpaired) electrons. The minimum atomic E-state index is -0.614. The number of carbonyl (C=O) groups is 2. The first-order chi connectivity index (χ1) is 10.6. The first-order valence-electron chi connectivity index (χ1n) is 7.04. The van der Waals surface area contributed by atoms with Crippen molar-refractivity contribution < 1.29 is 14.3 Å². The molecular formula is C17H22N2O3. The summed E-state index contributed by atoms with van der Waals surface area (Å²) in [7, 11) is 1.61. The molecule has 0 aliphatic rings. The highest BCUT2D eigenvalue weighted by molar-refractivity contribution is 6.35. The fourth-order valence-electron chi connectivity index (χ4n) is 1.88. The van der Waals surface area contributed by atoms with Gasteiger partial charge in [-0.1, -0.05) is 24.3 Å². The molecule has 0 bridgehead atoms. The molecule has 2 amide bonds. The molecule has 118 valence electrons. The van der Waals surface area contributed by atoms with E-state index in [1.165, 1.54) is 4.90 Å². The average Bonchev–Trinajstić information content (AvgIpc) is 2.54. The minimum absolute atomic E-state index is 0.316. The molecule has 0 aromatic heterocycles. The molecule has 0 heterocycles. The fraction of sp³-hybridized carbons (Fsp3) is 0.294. The van der Waals surface area contributed by atoms with E-state index in [2.05, 4.69) is 18.5 Å². The predicted molar refractivity (Wildman–Crippen MR) is 86.7 cm³/mol. The van der Waals surface area contributed by atoms with Crippen LogP contribution in [-0.2, 0) is 16.0 Å². The molecule has 0 atom stereocenters. The second kappa shape index (κ2) is 9.39. The molecule has 1 rings (SSSR count). The Morgan fingerprint density at radius 3 is 2.27 bits per heavy atom. The van der Waals surface area contributed by atoms with Crippen LogP contribution in [0.1, 0.15) is 5.56 Å². The van der Waals surface area contributed by atoms with Crippen molar-refractivity contribution >= 4 is 11.8 Å². The highest BCUT2D eigenvalue weighted by Gasteiger charge is 2.19. The molecule has 1 aromatic rings. The Morgan fingerprint density at radius 2 is 1.77 bits per heavy atom. The van der Waals surface area contributed by atoms with Gasteiger partial charge in [0.05, 0.1) is 7.11 Å². The third kappa shape index (κ3) is 5.44. The lowest BCUT2D eigenvalue weighted by molar-refractivity contribution is -0.145. The van der Waals surface area contributed by atoms with Crippen molar-refractivity contribution in [3.8, 4) is 5.75 Å². The van der Waals surface area contributed by atoms with Gasteiger partial charge in [0.2, 0.25) is 0 Å². The third-order valence-corrected chi connectivity index (χ3v) is 3.04. The summed E-state index contributed by atoms with van der Waals surface area (Å²) in [5.41, 5.74) is 1.06. The second-order valence-corrected chi connectivity index (χ2v) is 4.64. The van der Waals surface area contributed by atoms with Crippen molar-refractivity contribution in [3.05, 3.63) is 55.1 Å². The van der Waals surface area contributed by atoms with E-state index >= 15 is 0 Å². The molecule has 0 saturated carbocycles. The summed E-state index contributed by atoms with van der Waals surface area (Å²) in [4.78, 5) is 25.2. The maximum Gasteiger partial charge on any atom is 0.312 e. The van der Waals surface area contributed by atoms with Gasteiger partial charge in [0, 0.05) is 19.6 Å². The largest absolute Gasteiger partial charge is 0.497 e. The molecule has 0 aliphatic heterocycles. The van der Waals surface area contributed by atoms with E-state index in [0.29, 0.717) is 26.1 Å². The zero-order chi connectivity index (χ0) is 16.4. The van der Waals surface area contributed by atoms with Gasteiger partial charge in [-0.15, -0.1) is 13.2 Å². The van der Waals surface area contributed by atoms with Gasteiger partial charge < -0.3 is 15.0 Å². The van der Waals surface area contributed by atoms with E-state index in [1.54, 1.807) is 19.3 Å². The lowest BCUT2D eigenvalue weighted by atomic mass is 10.1. The number of benzene rings is 1. The Labute approximate surface area is 131 Å². The summed E-state index contributed by atoms with van der Waals surface area (Å²) in [6.07, 6.45) is 3.80. The summed E-state index contributed by atoms with van der Waals surface area (Å²) >= 11 is 0. The van der Waals surface area contributed by atoms with Crippen LogP contribution >= 0.6 is 0 Å². The van der Waals surface area contributed by atoms with Gasteiger partial charge in [0.25, 0.3) is 0 Å². The molecule has 0 spiro atoms. The predicted octanol–water partition coefficient (Wildman–Crippen LogP) is 1.55. The molecule has 0 aliphatic carbocycles. The molecule has 1 N–H and O–H groups in total. The molecule has 0 saturated heterocycles. The third-order valence-electron chi connectivity index (χ3n) is 3.04. The SMILES string of the molecule is C=CCN(CC=C)C(=O)C(=O)NCCc1ccc(OC)cc1. The molecule has 1 aromatic carbocycles. The van der Waals surface area contributed by atoms with Crippen LogP contribution in [-0.4, -0.2) is 43.5 Å². The van der Waals surface area contributed by atoms with Gasteiger partial charge in [-0.05, 0) is 24.1 Å². The van der Waals surface area contributed by atoms with E-state index in [4.69, 9.17) is 4.74 Å². The summed E-state index contributed by atoms with van der Waals surface area (Å²) < 4.78 is 5.08. The van der Waals surface area contributed by atoms with Gasteiger partial charge in [-0.2, -0.15) is 0 Å². The Morgan fingerprint density at radius 1 is 1.18 bits per heavy atom. The van der Waals surface area contributed by atoms with Gasteiger partial charge in [-0.3, -0.25) is 9.59 Å². The number of nitrogens with one attached hydrogen (secondary N) is 1. The fourth-order valence-corrected chi connectivity index (χ4v) is 1.88. The standard InChI is InChI=1S/C17H22N2O3/c1-4-12-19(13-5-2)17(21)16(20)18-11-10-14-6-8-15(22-3)9-7-14/h4-9H,1-2,10-13H2,3H3,(H,18,20). The van der Waals surface area contributed by atoms with E-state index in [-0.39, 0.29) is 0 Å². The Bertz CT molecular complexity index is 513. The summed E-state index contributed by atoms with van der Waals surface area (Å²) in [6, 6.07) is 7.57. The second-order valence-electron chi connectivity index (χ2n) is 4.64. The maximum absolute atomic E-state index is 12.0. The average molecular weight is 302 g/mol. The number of amides is 2. The lowest BCUT2D eigenvalue weighted by Crippen LogP contribution is -2.43. The molecular weight excluding hydrogens is 280 g/mol. The number of hydrogen-bond donors (Lipinski definition) is 1. The molecule has 0 fully saturated rings. The number of nitrogens with zero attached hydrogens (tertiary/aromatic N) is 1. The highest BCUT2D eigenvalue weighted by atomic mass is 16.5. The molecule has 5 nitrogen and oxygen atoms in total. The molecule has 22 heavy (non-hydrogen) atoms. The van der Waals surface area contributed by atoms with Crippen LogP contribution in [0.25, 0.3) is 0 Å². The van der Waals surface area contributed by atoms with E-state index in [1.807, 2.05) is 24.3 Å². The monoisotopic (exact) mass is 302 g/mol. The van der Waals surface area contributed by atoms with Crippen LogP contribution < -0.4 is 10.1 Å². The van der Waals surface area contributed by atoms with Crippen LogP contribution in [0.5, 0.6) is 5.75 Å². The zero-order valence-corrected chi connectivity index (χ0v) is 12.9. The van der Waals surface area contributed by atoms with Crippen molar-refractivity contribution in [2.45, 2.75) is 6.42 Å². The summed E-state index contributed by atoms with van der Waals surface area (Å²) in [5.74, 6) is -0.404. The van der Waals surface area contributed by atoms with Gasteiger partial charge in [0.1, 0.15) is 5.75 Å². The van der Waals surface area contributed by atoms with Crippen LogP contribution in [0.15, 0.2) is 49.6 Å². The van der Waals surface area contributed by atoms with Crippen molar-refractivity contribution in [3.63, 3.8) is 0 Å². The van der Waals surface area contributed by atoms with Gasteiger partial charge in [0.15, 0.2) is 0 Å². The number of methoxy groups -OCH3 is 1. The topological polar surface area (TPSA) is 58.6 Å². The van der Waals surface area contributed by atoms with Gasteiger partial charge >= 0.3 is 11.8 Å².